The molecule has 0 saturated carbocycles. The molecule has 1 aromatic rings. The van der Waals surface area contributed by atoms with E-state index in [9.17, 15) is 4.79 Å². The standard InChI is InChI=1S/C20H35N7O.HI/c1-6-21-19(24-15-18(28)25-20(2,3)4)23-14-16-7-8-17(22-13-16)27-11-9-26(5)10-12-27;/h7-8,13H,6,9-12,14-15H2,1-5H3,(H,25,28)(H2,21,23,24);1H. The molecule has 1 saturated heterocycles. The number of pyridine rings is 1. The Kier molecular flexibility index (Phi) is 10.7. The number of carbonyl (C=O) groups excluding carboxylic acids is 1. The first-order valence-electron chi connectivity index (χ1n) is 9.98. The predicted octanol–water partition coefficient (Wildman–Crippen LogP) is 1.42. The van der Waals surface area contributed by atoms with Crippen molar-refractivity contribution in [2.24, 2.45) is 4.99 Å². The molecule has 3 N–H and O–H groups in total. The van der Waals surface area contributed by atoms with Crippen LogP contribution < -0.4 is 20.9 Å². The molecule has 29 heavy (non-hydrogen) atoms. The van der Waals surface area contributed by atoms with Crippen LogP contribution in [0.2, 0.25) is 0 Å². The van der Waals surface area contributed by atoms with Crippen LogP contribution in [-0.4, -0.2) is 73.6 Å². The molecule has 0 atom stereocenters. The molecule has 1 fully saturated rings. The van der Waals surface area contributed by atoms with Crippen LogP contribution in [0, 0.1) is 0 Å². The summed E-state index contributed by atoms with van der Waals surface area (Å²) in [6.45, 7) is 13.4. The summed E-state index contributed by atoms with van der Waals surface area (Å²) in [7, 11) is 2.15. The van der Waals surface area contributed by atoms with Gasteiger partial charge in [-0.3, -0.25) is 4.79 Å². The van der Waals surface area contributed by atoms with Crippen LogP contribution in [0.3, 0.4) is 0 Å². The summed E-state index contributed by atoms with van der Waals surface area (Å²) in [5, 5.41) is 9.17. The molecule has 0 aromatic carbocycles. The average Bonchev–Trinajstić information content (AvgIpc) is 2.64. The first kappa shape index (κ1) is 25.4. The number of hydrogen-bond acceptors (Lipinski definition) is 5. The highest BCUT2D eigenvalue weighted by Crippen LogP contribution is 2.14. The van der Waals surface area contributed by atoms with E-state index in [0.29, 0.717) is 12.5 Å². The summed E-state index contributed by atoms with van der Waals surface area (Å²) >= 11 is 0. The van der Waals surface area contributed by atoms with Crippen molar-refractivity contribution in [1.82, 2.24) is 25.8 Å². The number of nitrogens with zero attached hydrogens (tertiary/aromatic N) is 4. The molecule has 0 bridgehead atoms. The summed E-state index contributed by atoms with van der Waals surface area (Å²) in [6.07, 6.45) is 1.88. The summed E-state index contributed by atoms with van der Waals surface area (Å²) < 4.78 is 0. The summed E-state index contributed by atoms with van der Waals surface area (Å²) in [4.78, 5) is 25.8. The number of guanidine groups is 1. The molecular formula is C20H36IN7O. The van der Waals surface area contributed by atoms with E-state index in [-0.39, 0.29) is 42.0 Å². The minimum absolute atomic E-state index is 0. The quantitative estimate of drug-likeness (QED) is 0.301. The highest BCUT2D eigenvalue weighted by molar-refractivity contribution is 14.0. The van der Waals surface area contributed by atoms with Gasteiger partial charge in [0.1, 0.15) is 5.82 Å². The molecule has 9 heteroatoms. The van der Waals surface area contributed by atoms with E-state index in [0.717, 1.165) is 44.1 Å². The number of aliphatic imine (C=N–C) groups is 1. The number of nitrogens with one attached hydrogen (secondary N) is 3. The Bertz CT molecular complexity index is 650. The van der Waals surface area contributed by atoms with Crippen LogP contribution in [0.15, 0.2) is 23.3 Å². The number of carbonyl (C=O) groups is 1. The molecule has 0 spiro atoms. The Labute approximate surface area is 191 Å². The third-order valence-electron chi connectivity index (χ3n) is 4.33. The maximum absolute atomic E-state index is 12.0. The summed E-state index contributed by atoms with van der Waals surface area (Å²) in [5.41, 5.74) is 0.792. The van der Waals surface area contributed by atoms with Gasteiger partial charge in [-0.2, -0.15) is 0 Å². The van der Waals surface area contributed by atoms with Gasteiger partial charge in [-0.15, -0.1) is 24.0 Å². The predicted molar refractivity (Wildman–Crippen MR) is 130 cm³/mol. The van der Waals surface area contributed by atoms with E-state index < -0.39 is 0 Å². The first-order valence-corrected chi connectivity index (χ1v) is 9.98. The normalized spacial score (nSPS) is 15.5. The van der Waals surface area contributed by atoms with Gasteiger partial charge in [0.2, 0.25) is 5.91 Å². The number of anilines is 1. The smallest absolute Gasteiger partial charge is 0.239 e. The second-order valence-electron chi connectivity index (χ2n) is 8.16. The number of likely N-dealkylation sites (N-methyl/N-ethyl adjacent to an activating group) is 1. The molecule has 1 aromatic heterocycles. The molecule has 1 aliphatic rings. The monoisotopic (exact) mass is 517 g/mol. The fourth-order valence-corrected chi connectivity index (χ4v) is 2.87. The van der Waals surface area contributed by atoms with E-state index in [2.05, 4.69) is 54.9 Å². The highest BCUT2D eigenvalue weighted by Gasteiger charge is 2.15. The largest absolute Gasteiger partial charge is 0.357 e. The number of aromatic nitrogens is 1. The van der Waals surface area contributed by atoms with E-state index >= 15 is 0 Å². The van der Waals surface area contributed by atoms with Crippen LogP contribution in [0.1, 0.15) is 33.3 Å². The lowest BCUT2D eigenvalue weighted by Gasteiger charge is -2.33. The van der Waals surface area contributed by atoms with Crippen LogP contribution in [0.25, 0.3) is 0 Å². The molecular weight excluding hydrogens is 481 g/mol. The lowest BCUT2D eigenvalue weighted by atomic mass is 10.1. The van der Waals surface area contributed by atoms with Crippen LogP contribution in [0.4, 0.5) is 5.82 Å². The minimum Gasteiger partial charge on any atom is -0.357 e. The zero-order valence-electron chi connectivity index (χ0n) is 18.3. The Morgan fingerprint density at radius 3 is 2.41 bits per heavy atom. The van der Waals surface area contributed by atoms with Crippen molar-refractivity contribution >= 4 is 41.7 Å². The van der Waals surface area contributed by atoms with Gasteiger partial charge in [-0.1, -0.05) is 6.07 Å². The second kappa shape index (κ2) is 12.2. The van der Waals surface area contributed by atoms with Crippen molar-refractivity contribution in [1.29, 1.82) is 0 Å². The van der Waals surface area contributed by atoms with Gasteiger partial charge in [0.15, 0.2) is 5.96 Å². The van der Waals surface area contributed by atoms with E-state index in [1.165, 1.54) is 0 Å². The number of hydrogen-bond donors (Lipinski definition) is 3. The van der Waals surface area contributed by atoms with Crippen molar-refractivity contribution in [3.05, 3.63) is 23.9 Å². The number of rotatable bonds is 6. The van der Waals surface area contributed by atoms with Gasteiger partial charge in [0, 0.05) is 44.5 Å². The third-order valence-corrected chi connectivity index (χ3v) is 4.33. The van der Waals surface area contributed by atoms with E-state index in [4.69, 9.17) is 0 Å². The Morgan fingerprint density at radius 2 is 1.86 bits per heavy atom. The first-order chi connectivity index (χ1) is 13.3. The van der Waals surface area contributed by atoms with Gasteiger partial charge in [0.25, 0.3) is 0 Å². The van der Waals surface area contributed by atoms with Gasteiger partial charge >= 0.3 is 0 Å². The SMILES string of the molecule is CCNC(=NCc1ccc(N2CCN(C)CC2)nc1)NCC(=O)NC(C)(C)C.I. The zero-order valence-corrected chi connectivity index (χ0v) is 20.6. The molecule has 8 nitrogen and oxygen atoms in total. The molecule has 0 radical (unpaired) electrons. The van der Waals surface area contributed by atoms with Gasteiger partial charge in [0.05, 0.1) is 13.1 Å². The molecule has 1 aliphatic heterocycles. The average molecular weight is 517 g/mol. The Morgan fingerprint density at radius 1 is 1.17 bits per heavy atom. The van der Waals surface area contributed by atoms with Crippen molar-refractivity contribution in [3.8, 4) is 0 Å². The second-order valence-corrected chi connectivity index (χ2v) is 8.16. The van der Waals surface area contributed by atoms with E-state index in [1.54, 1.807) is 0 Å². The summed E-state index contributed by atoms with van der Waals surface area (Å²) in [5.74, 6) is 1.58. The minimum atomic E-state index is -0.245. The fraction of sp³-hybridized carbons (Fsp3) is 0.650. The van der Waals surface area contributed by atoms with Crippen LogP contribution in [0.5, 0.6) is 0 Å². The molecule has 1 amide bonds. The molecule has 0 unspecified atom stereocenters. The number of halogens is 1. The van der Waals surface area contributed by atoms with Crippen molar-refractivity contribution < 1.29 is 4.79 Å². The molecule has 2 rings (SSSR count). The zero-order chi connectivity index (χ0) is 20.6. The van der Waals surface area contributed by atoms with Crippen molar-refractivity contribution in [3.63, 3.8) is 0 Å². The number of piperazine rings is 1. The van der Waals surface area contributed by atoms with Gasteiger partial charge in [-0.05, 0) is 46.4 Å². The molecule has 164 valence electrons. The highest BCUT2D eigenvalue weighted by atomic mass is 127. The van der Waals surface area contributed by atoms with Gasteiger partial charge < -0.3 is 25.8 Å². The number of amides is 1. The topological polar surface area (TPSA) is 84.9 Å². The van der Waals surface area contributed by atoms with E-state index in [1.807, 2.05) is 33.9 Å². The van der Waals surface area contributed by atoms with Gasteiger partial charge in [-0.25, -0.2) is 9.98 Å². The van der Waals surface area contributed by atoms with Crippen LogP contribution >= 0.6 is 24.0 Å². The van der Waals surface area contributed by atoms with Crippen LogP contribution in [-0.2, 0) is 11.3 Å². The lowest BCUT2D eigenvalue weighted by Crippen LogP contribution is -2.48. The molecule has 0 aliphatic carbocycles. The van der Waals surface area contributed by atoms with Crippen molar-refractivity contribution in [2.45, 2.75) is 39.8 Å². The lowest BCUT2D eigenvalue weighted by molar-refractivity contribution is -0.121. The third kappa shape index (κ3) is 9.62. The maximum Gasteiger partial charge on any atom is 0.239 e. The van der Waals surface area contributed by atoms with Crippen molar-refractivity contribution in [2.75, 3.05) is 51.2 Å². The Hall–Kier alpha value is -1.62. The maximum atomic E-state index is 12.0. The molecule has 2 heterocycles. The summed E-state index contributed by atoms with van der Waals surface area (Å²) in [6, 6.07) is 4.13. The fourth-order valence-electron chi connectivity index (χ4n) is 2.87. The Balaban J connectivity index is 0.00000420.